The van der Waals surface area contributed by atoms with Crippen molar-refractivity contribution < 1.29 is 4.52 Å². The van der Waals surface area contributed by atoms with Gasteiger partial charge in [0, 0.05) is 10.6 Å². The molecule has 82 valence electrons. The lowest BCUT2D eigenvalue weighted by atomic mass is 10.2. The van der Waals surface area contributed by atoms with Gasteiger partial charge in [0.05, 0.1) is 5.69 Å². The average molecular weight is 234 g/mol. The molecular weight excluding hydrogens is 224 g/mol. The quantitative estimate of drug-likeness (QED) is 0.677. The van der Waals surface area contributed by atoms with Crippen molar-refractivity contribution in [3.05, 3.63) is 16.6 Å². The molecule has 3 heterocycles. The van der Waals surface area contributed by atoms with Crippen molar-refractivity contribution in [1.82, 2.24) is 15.4 Å². The second-order valence-electron chi connectivity index (χ2n) is 3.70. The summed E-state index contributed by atoms with van der Waals surface area (Å²) in [5.74, 6) is 0. The minimum Gasteiger partial charge on any atom is -0.395 e. The Bertz CT molecular complexity index is 664. The van der Waals surface area contributed by atoms with E-state index in [4.69, 9.17) is 10.3 Å². The van der Waals surface area contributed by atoms with Gasteiger partial charge in [-0.15, -0.1) is 11.3 Å². The van der Waals surface area contributed by atoms with Crippen LogP contribution in [0, 0.1) is 13.8 Å². The molecule has 0 aliphatic heterocycles. The maximum Gasteiger partial charge on any atom is 0.201 e. The van der Waals surface area contributed by atoms with Gasteiger partial charge in [0.2, 0.25) is 5.58 Å². The average Bonchev–Trinajstić information content (AvgIpc) is 2.88. The number of aryl methyl sites for hydroxylation is 2. The molecule has 16 heavy (non-hydrogen) atoms. The van der Waals surface area contributed by atoms with E-state index in [1.54, 1.807) is 11.3 Å². The van der Waals surface area contributed by atoms with E-state index in [-0.39, 0.29) is 0 Å². The highest BCUT2D eigenvalue weighted by molar-refractivity contribution is 7.20. The zero-order chi connectivity index (χ0) is 11.3. The predicted octanol–water partition coefficient (Wildman–Crippen LogP) is 2.48. The molecule has 6 heteroatoms. The Morgan fingerprint density at radius 3 is 2.94 bits per heavy atom. The van der Waals surface area contributed by atoms with Crippen molar-refractivity contribution in [3.63, 3.8) is 0 Å². The fourth-order valence-corrected chi connectivity index (χ4v) is 2.61. The summed E-state index contributed by atoms with van der Waals surface area (Å²) in [7, 11) is 0. The molecular formula is C10H10N4OS. The Balaban J connectivity index is 2.28. The number of hydrogen-bond acceptors (Lipinski definition) is 5. The summed E-state index contributed by atoms with van der Waals surface area (Å²) in [6.07, 6.45) is 0. The number of nitrogens with zero attached hydrogens (tertiary/aromatic N) is 2. The van der Waals surface area contributed by atoms with E-state index in [2.05, 4.69) is 15.4 Å². The van der Waals surface area contributed by atoms with Gasteiger partial charge < -0.3 is 10.3 Å². The first-order valence-corrected chi connectivity index (χ1v) is 5.65. The molecule has 0 amide bonds. The van der Waals surface area contributed by atoms with E-state index >= 15 is 0 Å². The Labute approximate surface area is 95.2 Å². The second-order valence-corrected chi connectivity index (χ2v) is 4.92. The molecule has 0 aliphatic rings. The lowest BCUT2D eigenvalue weighted by Gasteiger charge is -1.85. The van der Waals surface area contributed by atoms with Gasteiger partial charge in [0.1, 0.15) is 10.4 Å². The zero-order valence-corrected chi connectivity index (χ0v) is 9.68. The number of rotatable bonds is 1. The number of nitrogen functional groups attached to an aromatic ring is 1. The van der Waals surface area contributed by atoms with Crippen LogP contribution in [0.15, 0.2) is 10.6 Å². The van der Waals surface area contributed by atoms with Crippen LogP contribution in [-0.2, 0) is 0 Å². The smallest absolute Gasteiger partial charge is 0.201 e. The molecule has 0 spiro atoms. The summed E-state index contributed by atoms with van der Waals surface area (Å²) in [6.45, 7) is 3.91. The van der Waals surface area contributed by atoms with Gasteiger partial charge in [-0.1, -0.05) is 5.16 Å². The summed E-state index contributed by atoms with van der Waals surface area (Å²) < 4.78 is 6.21. The van der Waals surface area contributed by atoms with E-state index in [9.17, 15) is 0 Å². The van der Waals surface area contributed by atoms with Crippen molar-refractivity contribution in [2.24, 2.45) is 0 Å². The Morgan fingerprint density at radius 1 is 1.44 bits per heavy atom. The number of nitrogens with one attached hydrogen (secondary N) is 1. The van der Waals surface area contributed by atoms with Crippen molar-refractivity contribution >= 4 is 27.3 Å². The monoisotopic (exact) mass is 234 g/mol. The number of hydrogen-bond donors (Lipinski definition) is 2. The molecule has 0 radical (unpaired) electrons. The summed E-state index contributed by atoms with van der Waals surface area (Å²) in [6, 6.07) is 1.93. The number of aromatic nitrogens is 3. The summed E-state index contributed by atoms with van der Waals surface area (Å²) in [4.78, 5) is 1.05. The van der Waals surface area contributed by atoms with Crippen LogP contribution in [0.25, 0.3) is 21.7 Å². The van der Waals surface area contributed by atoms with Crippen LogP contribution in [0.4, 0.5) is 5.69 Å². The van der Waals surface area contributed by atoms with Crippen LogP contribution in [-0.4, -0.2) is 15.4 Å². The summed E-state index contributed by atoms with van der Waals surface area (Å²) in [5.41, 5.74) is 9.76. The molecule has 3 aromatic rings. The molecule has 3 N–H and O–H groups in total. The van der Waals surface area contributed by atoms with E-state index in [0.717, 1.165) is 26.7 Å². The fraction of sp³-hybridized carbons (Fsp3) is 0.200. The minimum atomic E-state index is 0.665. The lowest BCUT2D eigenvalue weighted by molar-refractivity contribution is 0.460. The molecule has 0 bridgehead atoms. The van der Waals surface area contributed by atoms with E-state index < -0.39 is 0 Å². The molecule has 0 aromatic carbocycles. The highest BCUT2D eigenvalue weighted by atomic mass is 32.1. The van der Waals surface area contributed by atoms with Crippen LogP contribution in [0.2, 0.25) is 0 Å². The van der Waals surface area contributed by atoms with E-state index in [1.165, 1.54) is 0 Å². The van der Waals surface area contributed by atoms with Gasteiger partial charge in [-0.25, -0.2) is 0 Å². The third-order valence-corrected chi connectivity index (χ3v) is 3.59. The third-order valence-electron chi connectivity index (χ3n) is 2.48. The van der Waals surface area contributed by atoms with Crippen LogP contribution < -0.4 is 5.73 Å². The molecule has 0 unspecified atom stereocenters. The lowest BCUT2D eigenvalue weighted by Crippen LogP contribution is -1.81. The molecule has 0 saturated carbocycles. The highest BCUT2D eigenvalue weighted by Crippen LogP contribution is 2.38. The van der Waals surface area contributed by atoms with Crippen LogP contribution in [0.1, 0.15) is 10.6 Å². The number of anilines is 1. The van der Waals surface area contributed by atoms with Crippen LogP contribution in [0.5, 0.6) is 0 Å². The predicted molar refractivity (Wildman–Crippen MR) is 63.4 cm³/mol. The third kappa shape index (κ3) is 1.16. The number of nitrogens with two attached hydrogens (primary N) is 1. The van der Waals surface area contributed by atoms with Gasteiger partial charge >= 0.3 is 0 Å². The first-order chi connectivity index (χ1) is 7.66. The van der Waals surface area contributed by atoms with Crippen LogP contribution >= 0.6 is 11.3 Å². The topological polar surface area (TPSA) is 80.7 Å². The maximum atomic E-state index is 5.88. The second kappa shape index (κ2) is 3.08. The largest absolute Gasteiger partial charge is 0.395 e. The van der Waals surface area contributed by atoms with Gasteiger partial charge in [0.15, 0.2) is 5.69 Å². The number of fused-ring (bicyclic) bond motifs is 1. The summed E-state index contributed by atoms with van der Waals surface area (Å²) in [5, 5.41) is 11.1. The maximum absolute atomic E-state index is 5.88. The first-order valence-electron chi connectivity index (χ1n) is 4.83. The number of H-pyrrole nitrogens is 1. The van der Waals surface area contributed by atoms with E-state index in [0.29, 0.717) is 11.3 Å². The Kier molecular flexibility index (Phi) is 1.81. The van der Waals surface area contributed by atoms with Gasteiger partial charge in [-0.2, -0.15) is 5.10 Å². The van der Waals surface area contributed by atoms with Gasteiger partial charge in [-0.3, -0.25) is 5.10 Å². The van der Waals surface area contributed by atoms with Gasteiger partial charge in [0.25, 0.3) is 0 Å². The summed E-state index contributed by atoms with van der Waals surface area (Å²) >= 11 is 1.58. The standard InChI is InChI=1S/C10H10N4OS/c1-4-3-6(13-12-4)8-10-9(15-14-8)7(11)5(2)16-10/h3H,11H2,1-2H3,(H,12,13). The Hall–Kier alpha value is -1.82. The zero-order valence-electron chi connectivity index (χ0n) is 8.87. The molecule has 3 aromatic heterocycles. The van der Waals surface area contributed by atoms with Crippen molar-refractivity contribution in [3.8, 4) is 11.4 Å². The molecule has 3 rings (SSSR count). The highest BCUT2D eigenvalue weighted by Gasteiger charge is 2.18. The molecule has 5 nitrogen and oxygen atoms in total. The number of aromatic amines is 1. The van der Waals surface area contributed by atoms with Crippen molar-refractivity contribution in [1.29, 1.82) is 0 Å². The number of thiophene rings is 1. The van der Waals surface area contributed by atoms with Gasteiger partial charge in [-0.05, 0) is 19.9 Å². The van der Waals surface area contributed by atoms with E-state index in [1.807, 2.05) is 19.9 Å². The molecule has 0 atom stereocenters. The molecule has 0 aliphatic carbocycles. The van der Waals surface area contributed by atoms with Crippen molar-refractivity contribution in [2.45, 2.75) is 13.8 Å². The first kappa shape index (κ1) is 9.41. The normalized spacial score (nSPS) is 11.4. The molecule has 0 saturated heterocycles. The van der Waals surface area contributed by atoms with Crippen molar-refractivity contribution in [2.75, 3.05) is 5.73 Å². The minimum absolute atomic E-state index is 0.665. The fourth-order valence-electron chi connectivity index (χ4n) is 1.62. The Morgan fingerprint density at radius 2 is 2.25 bits per heavy atom. The van der Waals surface area contributed by atoms with Crippen LogP contribution in [0.3, 0.4) is 0 Å². The SMILES string of the molecule is Cc1cc(-c2noc3c(N)c(C)sc23)n[nH]1. The molecule has 0 fully saturated rings.